The monoisotopic (exact) mass is 723 g/mol. The third kappa shape index (κ3) is 8.16. The number of nitrogens with zero attached hydrogens (tertiary/aromatic N) is 4. The Hall–Kier alpha value is -5.39. The first-order valence-corrected chi connectivity index (χ1v) is 16.1. The number of likely N-dealkylation sites (N-methyl/N-ethyl adjacent to an activating group) is 1. The third-order valence-electron chi connectivity index (χ3n) is 8.57. The van der Waals surface area contributed by atoms with Crippen LogP contribution < -0.4 is 16.4 Å². The number of rotatable bonds is 7. The van der Waals surface area contributed by atoms with E-state index in [4.69, 9.17) is 17.3 Å². The van der Waals surface area contributed by atoms with Gasteiger partial charge in [0.15, 0.2) is 5.83 Å². The van der Waals surface area contributed by atoms with E-state index < -0.39 is 30.4 Å². The van der Waals surface area contributed by atoms with E-state index in [0.717, 1.165) is 12.8 Å². The zero-order valence-electron chi connectivity index (χ0n) is 27.9. The Bertz CT molecular complexity index is 2100. The summed E-state index contributed by atoms with van der Waals surface area (Å²) in [5.74, 6) is 2.36. The lowest BCUT2D eigenvalue weighted by Crippen LogP contribution is -2.47. The molecule has 1 atom stereocenters. The SMILES string of the molecule is C=C(F)C(=O)Nc1ccc(-c2c(-c3ccc(C(=O)NCC(F)(F)F)c(Cl)c3)c3c(N)ncc(C#CC(=O)N4CCC[C@H](N(C)C)C4)c3n2C)cc1. The number of carbonyl (C=O) groups is 3. The largest absolute Gasteiger partial charge is 0.405 e. The Balaban J connectivity index is 1.64. The number of nitrogen functional groups attached to an aromatic ring is 1. The number of nitrogens with one attached hydrogen (secondary N) is 2. The van der Waals surface area contributed by atoms with Crippen LogP contribution in [-0.4, -0.2) is 83.0 Å². The molecule has 0 bridgehead atoms. The Labute approximate surface area is 296 Å². The summed E-state index contributed by atoms with van der Waals surface area (Å²) in [5, 5.41) is 4.54. The molecule has 0 saturated carbocycles. The third-order valence-corrected chi connectivity index (χ3v) is 8.88. The highest BCUT2D eigenvalue weighted by Gasteiger charge is 2.29. The first-order valence-electron chi connectivity index (χ1n) is 15.7. The van der Waals surface area contributed by atoms with Gasteiger partial charge in [0.1, 0.15) is 12.4 Å². The van der Waals surface area contributed by atoms with E-state index in [-0.39, 0.29) is 28.4 Å². The smallest absolute Gasteiger partial charge is 0.383 e. The van der Waals surface area contributed by atoms with Gasteiger partial charge in [-0.3, -0.25) is 14.4 Å². The standard InChI is InChI=1S/C36H34ClF4N7O3/c1-20(38)34(50)45-24-11-7-21(8-12-24)31-29(22-9-13-26(27(37)16-22)35(51)44-19-36(39,40)41)30-32(47(31)4)23(17-43-33(30)42)10-14-28(49)48-15-5-6-25(18-48)46(2)3/h7-9,11-13,16-17,25H,1,5-6,15,18-19H2,2-4H3,(H2,42,43)(H,44,51)(H,45,50)/t25-/m0/s1. The Kier molecular flexibility index (Phi) is 10.7. The van der Waals surface area contributed by atoms with Crippen LogP contribution in [0.25, 0.3) is 33.3 Å². The van der Waals surface area contributed by atoms with Crippen molar-refractivity contribution in [3.63, 3.8) is 0 Å². The second-order valence-corrected chi connectivity index (χ2v) is 12.7. The second-order valence-electron chi connectivity index (χ2n) is 12.3. The number of aromatic nitrogens is 2. The maximum Gasteiger partial charge on any atom is 0.405 e. The molecular formula is C36H34ClF4N7O3. The molecule has 2 aromatic heterocycles. The molecule has 0 aliphatic carbocycles. The molecule has 1 aliphatic rings. The van der Waals surface area contributed by atoms with Crippen molar-refractivity contribution >= 4 is 51.7 Å². The second kappa shape index (κ2) is 14.8. The molecule has 0 spiro atoms. The fourth-order valence-corrected chi connectivity index (χ4v) is 6.29. The number of benzene rings is 2. The molecule has 5 rings (SSSR count). The van der Waals surface area contributed by atoms with Gasteiger partial charge in [-0.2, -0.15) is 13.2 Å². The fraction of sp³-hybridized carbons (Fsp3) is 0.278. The van der Waals surface area contributed by atoms with Crippen LogP contribution in [-0.2, 0) is 16.6 Å². The zero-order chi connectivity index (χ0) is 37.2. The van der Waals surface area contributed by atoms with Crippen molar-refractivity contribution in [3.05, 3.63) is 77.2 Å². The molecule has 266 valence electrons. The normalized spacial score (nSPS) is 14.6. The number of aryl methyl sites for hydroxylation is 1. The maximum absolute atomic E-state index is 13.3. The molecule has 0 unspecified atom stereocenters. The van der Waals surface area contributed by atoms with Gasteiger partial charge in [-0.15, -0.1) is 0 Å². The van der Waals surface area contributed by atoms with Gasteiger partial charge < -0.3 is 30.7 Å². The van der Waals surface area contributed by atoms with Gasteiger partial charge in [-0.05, 0) is 62.3 Å². The molecule has 3 heterocycles. The maximum atomic E-state index is 13.3. The predicted octanol–water partition coefficient (Wildman–Crippen LogP) is 5.76. The molecule has 0 radical (unpaired) electrons. The minimum Gasteiger partial charge on any atom is -0.383 e. The number of hydrogen-bond donors (Lipinski definition) is 3. The van der Waals surface area contributed by atoms with Gasteiger partial charge in [0.25, 0.3) is 17.7 Å². The highest BCUT2D eigenvalue weighted by molar-refractivity contribution is 6.34. The number of amides is 3. The van der Waals surface area contributed by atoms with Crippen LogP contribution in [0.15, 0.2) is 61.1 Å². The summed E-state index contributed by atoms with van der Waals surface area (Å²) >= 11 is 6.49. The van der Waals surface area contributed by atoms with E-state index in [1.54, 1.807) is 40.8 Å². The molecule has 1 fully saturated rings. The van der Waals surface area contributed by atoms with E-state index in [9.17, 15) is 31.9 Å². The van der Waals surface area contributed by atoms with E-state index >= 15 is 0 Å². The molecule has 4 N–H and O–H groups in total. The number of nitrogens with two attached hydrogens (primary N) is 1. The van der Waals surface area contributed by atoms with Crippen molar-refractivity contribution in [2.45, 2.75) is 25.1 Å². The number of alkyl halides is 3. The first kappa shape index (κ1) is 36.9. The molecule has 1 aliphatic heterocycles. The molecule has 4 aromatic rings. The Morgan fingerprint density at radius 1 is 1.14 bits per heavy atom. The van der Waals surface area contributed by atoms with Crippen molar-refractivity contribution in [2.75, 3.05) is 44.8 Å². The van der Waals surface area contributed by atoms with E-state index in [1.165, 1.54) is 24.4 Å². The Morgan fingerprint density at radius 3 is 2.45 bits per heavy atom. The summed E-state index contributed by atoms with van der Waals surface area (Å²) in [6.45, 7) is 2.61. The summed E-state index contributed by atoms with van der Waals surface area (Å²) in [5.41, 5.74) is 9.62. The number of piperidine rings is 1. The lowest BCUT2D eigenvalue weighted by atomic mass is 9.96. The van der Waals surface area contributed by atoms with Crippen molar-refractivity contribution in [1.82, 2.24) is 24.7 Å². The molecule has 1 saturated heterocycles. The quantitative estimate of drug-likeness (QED) is 0.127. The van der Waals surface area contributed by atoms with Gasteiger partial charge >= 0.3 is 6.18 Å². The summed E-state index contributed by atoms with van der Waals surface area (Å²) in [6, 6.07) is 10.9. The molecular weight excluding hydrogens is 690 g/mol. The average molecular weight is 724 g/mol. The van der Waals surface area contributed by atoms with E-state index in [2.05, 4.69) is 33.6 Å². The van der Waals surface area contributed by atoms with Crippen molar-refractivity contribution in [1.29, 1.82) is 0 Å². The first-order chi connectivity index (χ1) is 24.1. The number of fused-ring (bicyclic) bond motifs is 1. The number of pyridine rings is 1. The topological polar surface area (TPSA) is 126 Å². The van der Waals surface area contributed by atoms with E-state index in [0.29, 0.717) is 57.6 Å². The van der Waals surface area contributed by atoms with E-state index in [1.807, 2.05) is 19.4 Å². The summed E-state index contributed by atoms with van der Waals surface area (Å²) in [6.07, 6.45) is -1.32. The molecule has 51 heavy (non-hydrogen) atoms. The predicted molar refractivity (Wildman–Crippen MR) is 188 cm³/mol. The number of carbonyl (C=O) groups excluding carboxylic acids is 3. The minimum absolute atomic E-state index is 0.108. The number of anilines is 2. The summed E-state index contributed by atoms with van der Waals surface area (Å²) in [4.78, 5) is 45.8. The highest BCUT2D eigenvalue weighted by Crippen LogP contribution is 2.44. The molecule has 15 heteroatoms. The van der Waals surface area contributed by atoms with Crippen LogP contribution in [0.3, 0.4) is 0 Å². The fourth-order valence-electron chi connectivity index (χ4n) is 6.02. The zero-order valence-corrected chi connectivity index (χ0v) is 28.7. The van der Waals surface area contributed by atoms with Crippen LogP contribution in [0.2, 0.25) is 5.02 Å². The van der Waals surface area contributed by atoms with Crippen molar-refractivity contribution < 1.29 is 31.9 Å². The Morgan fingerprint density at radius 2 is 1.82 bits per heavy atom. The van der Waals surface area contributed by atoms with Crippen LogP contribution >= 0.6 is 11.6 Å². The van der Waals surface area contributed by atoms with Crippen LogP contribution in [0.5, 0.6) is 0 Å². The number of halogens is 5. The van der Waals surface area contributed by atoms with Crippen LogP contribution in [0.1, 0.15) is 28.8 Å². The minimum atomic E-state index is -4.61. The van der Waals surface area contributed by atoms with Crippen molar-refractivity contribution in [3.8, 4) is 34.2 Å². The lowest BCUT2D eigenvalue weighted by molar-refractivity contribution is -0.127. The van der Waals surface area contributed by atoms with Gasteiger partial charge in [-0.25, -0.2) is 9.37 Å². The van der Waals surface area contributed by atoms with Crippen molar-refractivity contribution in [2.24, 2.45) is 7.05 Å². The molecule has 10 nitrogen and oxygen atoms in total. The molecule has 3 amide bonds. The highest BCUT2D eigenvalue weighted by atomic mass is 35.5. The van der Waals surface area contributed by atoms with Gasteiger partial charge in [0.05, 0.1) is 32.7 Å². The van der Waals surface area contributed by atoms with Gasteiger partial charge in [0.2, 0.25) is 0 Å². The van der Waals surface area contributed by atoms with Gasteiger partial charge in [0, 0.05) is 49.5 Å². The molecule has 2 aromatic carbocycles. The van der Waals surface area contributed by atoms with Gasteiger partial charge in [-0.1, -0.05) is 42.3 Å². The summed E-state index contributed by atoms with van der Waals surface area (Å²) < 4.78 is 53.4. The summed E-state index contributed by atoms with van der Waals surface area (Å²) in [7, 11) is 5.70. The number of hydrogen-bond acceptors (Lipinski definition) is 6. The average Bonchev–Trinajstić information content (AvgIpc) is 3.40. The number of likely N-dealkylation sites (tertiary alicyclic amines) is 1. The lowest BCUT2D eigenvalue weighted by Gasteiger charge is -2.35. The van der Waals surface area contributed by atoms with Crippen LogP contribution in [0.4, 0.5) is 29.1 Å². The van der Waals surface area contributed by atoms with Crippen LogP contribution in [0, 0.1) is 11.8 Å².